The van der Waals surface area contributed by atoms with E-state index in [2.05, 4.69) is 15.2 Å². The standard InChI is InChI=1S/C19H23N3O6S/c1-26-16-5-7-17(8-6-16)29(25)28-22-11-9-14(12-15(22)13-27-24)21-19(23)18-4-2-3-10-20-18/h2-8,10,14-15,24H,9,11-13H2,1H3,(H,21,23). The first kappa shape index (κ1) is 21.3. The molecule has 2 N–H and O–H groups in total. The van der Waals surface area contributed by atoms with E-state index >= 15 is 0 Å². The lowest BCUT2D eigenvalue weighted by atomic mass is 9.99. The first-order valence-corrected chi connectivity index (χ1v) is 10.2. The molecule has 1 aromatic carbocycles. The van der Waals surface area contributed by atoms with Gasteiger partial charge in [-0.15, -0.1) is 0 Å². The van der Waals surface area contributed by atoms with Crippen LogP contribution in [0.15, 0.2) is 53.6 Å². The molecule has 29 heavy (non-hydrogen) atoms. The molecule has 2 aromatic rings. The lowest BCUT2D eigenvalue weighted by Crippen LogP contribution is -2.51. The summed E-state index contributed by atoms with van der Waals surface area (Å²) in [5, 5.41) is 13.4. The molecule has 3 unspecified atom stereocenters. The third kappa shape index (κ3) is 5.81. The Morgan fingerprint density at radius 3 is 2.76 bits per heavy atom. The number of nitrogens with zero attached hydrogens (tertiary/aromatic N) is 2. The van der Waals surface area contributed by atoms with Crippen LogP contribution < -0.4 is 10.1 Å². The Labute approximate surface area is 171 Å². The van der Waals surface area contributed by atoms with Crippen LogP contribution in [0.1, 0.15) is 23.3 Å². The fourth-order valence-corrected chi connectivity index (χ4v) is 3.88. The van der Waals surface area contributed by atoms with Gasteiger partial charge in [-0.1, -0.05) is 6.07 Å². The maximum atomic E-state index is 12.5. The average molecular weight is 421 g/mol. The highest BCUT2D eigenvalue weighted by molar-refractivity contribution is 7.80. The van der Waals surface area contributed by atoms with Crippen molar-refractivity contribution in [1.82, 2.24) is 15.4 Å². The Hall–Kier alpha value is -2.37. The predicted molar refractivity (Wildman–Crippen MR) is 104 cm³/mol. The predicted octanol–water partition coefficient (Wildman–Crippen LogP) is 1.80. The molecule has 156 valence electrons. The summed E-state index contributed by atoms with van der Waals surface area (Å²) >= 11 is -1.73. The van der Waals surface area contributed by atoms with Crippen LogP contribution in [0.3, 0.4) is 0 Å². The molecule has 0 aliphatic carbocycles. The number of carbonyl (C=O) groups excluding carboxylic acids is 1. The lowest BCUT2D eigenvalue weighted by molar-refractivity contribution is -0.267. The fraction of sp³-hybridized carbons (Fsp3) is 0.368. The van der Waals surface area contributed by atoms with E-state index in [1.165, 1.54) is 5.06 Å². The second-order valence-electron chi connectivity index (χ2n) is 6.48. The maximum Gasteiger partial charge on any atom is 0.270 e. The van der Waals surface area contributed by atoms with Crippen LogP contribution in [-0.4, -0.2) is 57.8 Å². The second kappa shape index (κ2) is 10.4. The molecule has 3 atom stereocenters. The summed E-state index contributed by atoms with van der Waals surface area (Å²) in [4.78, 5) is 21.1. The maximum absolute atomic E-state index is 12.5. The fourth-order valence-electron chi connectivity index (χ4n) is 3.07. The number of piperidine rings is 1. The third-order valence-corrected chi connectivity index (χ3v) is 5.56. The van der Waals surface area contributed by atoms with Gasteiger partial charge in [-0.05, 0) is 49.2 Å². The van der Waals surface area contributed by atoms with Crippen LogP contribution in [-0.2, 0) is 20.3 Å². The quantitative estimate of drug-likeness (QED) is 0.490. The van der Waals surface area contributed by atoms with E-state index in [-0.39, 0.29) is 24.6 Å². The van der Waals surface area contributed by atoms with Gasteiger partial charge in [-0.3, -0.25) is 15.0 Å². The number of rotatable bonds is 8. The van der Waals surface area contributed by atoms with E-state index < -0.39 is 11.1 Å². The molecule has 9 nitrogen and oxygen atoms in total. The van der Waals surface area contributed by atoms with Gasteiger partial charge in [0.05, 0.1) is 24.7 Å². The monoisotopic (exact) mass is 421 g/mol. The van der Waals surface area contributed by atoms with Gasteiger partial charge in [-0.2, -0.15) is 9.35 Å². The second-order valence-corrected chi connectivity index (χ2v) is 7.57. The number of aromatic nitrogens is 1. The van der Waals surface area contributed by atoms with Crippen LogP contribution in [0.25, 0.3) is 0 Å². The van der Waals surface area contributed by atoms with E-state index in [0.717, 1.165) is 0 Å². The SMILES string of the molecule is COc1ccc(S(=O)ON2CCC(NC(=O)c3ccccn3)CC2COO)cc1. The number of hydrogen-bond donors (Lipinski definition) is 2. The molecule has 10 heteroatoms. The Balaban J connectivity index is 1.59. The van der Waals surface area contributed by atoms with E-state index in [1.54, 1.807) is 55.8 Å². The van der Waals surface area contributed by atoms with Crippen molar-refractivity contribution in [3.05, 3.63) is 54.4 Å². The molecule has 1 aromatic heterocycles. The van der Waals surface area contributed by atoms with Gasteiger partial charge >= 0.3 is 0 Å². The number of amides is 1. The van der Waals surface area contributed by atoms with E-state index in [1.807, 2.05) is 0 Å². The Morgan fingerprint density at radius 1 is 1.31 bits per heavy atom. The van der Waals surface area contributed by atoms with Crippen molar-refractivity contribution in [3.8, 4) is 5.75 Å². The molecule has 3 rings (SSSR count). The van der Waals surface area contributed by atoms with Crippen molar-refractivity contribution in [2.24, 2.45) is 0 Å². The summed E-state index contributed by atoms with van der Waals surface area (Å²) in [6, 6.07) is 11.3. The molecule has 1 fully saturated rings. The normalized spacial score (nSPS) is 20.8. The summed E-state index contributed by atoms with van der Waals surface area (Å²) < 4.78 is 23.2. The number of nitrogens with one attached hydrogen (secondary N) is 1. The van der Waals surface area contributed by atoms with Crippen LogP contribution >= 0.6 is 0 Å². The van der Waals surface area contributed by atoms with Gasteiger partial charge < -0.3 is 10.1 Å². The van der Waals surface area contributed by atoms with Crippen LogP contribution in [0.5, 0.6) is 5.75 Å². The number of hydroxylamine groups is 2. The number of carbonyl (C=O) groups is 1. The first-order chi connectivity index (χ1) is 14.1. The topological polar surface area (TPSA) is 110 Å². The summed E-state index contributed by atoms with van der Waals surface area (Å²) in [6.45, 7) is 0.360. The van der Waals surface area contributed by atoms with E-state index in [0.29, 0.717) is 35.7 Å². The smallest absolute Gasteiger partial charge is 0.270 e. The zero-order valence-corrected chi connectivity index (χ0v) is 16.7. The molecule has 0 spiro atoms. The van der Waals surface area contributed by atoms with Gasteiger partial charge in [0, 0.05) is 18.8 Å². The van der Waals surface area contributed by atoms with Crippen molar-refractivity contribution in [3.63, 3.8) is 0 Å². The van der Waals surface area contributed by atoms with Crippen molar-refractivity contribution >= 4 is 17.0 Å². The van der Waals surface area contributed by atoms with Crippen LogP contribution in [0, 0.1) is 0 Å². The molecule has 1 amide bonds. The minimum Gasteiger partial charge on any atom is -0.497 e. The largest absolute Gasteiger partial charge is 0.497 e. The zero-order valence-electron chi connectivity index (χ0n) is 15.9. The molecule has 1 aliphatic heterocycles. The van der Waals surface area contributed by atoms with E-state index in [9.17, 15) is 9.00 Å². The minimum atomic E-state index is -1.73. The summed E-state index contributed by atoms with van der Waals surface area (Å²) in [5.41, 5.74) is 0.335. The molecule has 0 saturated carbocycles. The van der Waals surface area contributed by atoms with Gasteiger partial charge in [0.15, 0.2) is 0 Å². The molecular formula is C19H23N3O6S. The van der Waals surface area contributed by atoms with Gasteiger partial charge in [0.2, 0.25) is 11.1 Å². The highest BCUT2D eigenvalue weighted by atomic mass is 32.2. The highest BCUT2D eigenvalue weighted by Crippen LogP contribution is 2.22. The van der Waals surface area contributed by atoms with Gasteiger partial charge in [0.1, 0.15) is 11.4 Å². The van der Waals surface area contributed by atoms with Crippen molar-refractivity contribution in [2.45, 2.75) is 29.8 Å². The highest BCUT2D eigenvalue weighted by Gasteiger charge is 2.32. The van der Waals surface area contributed by atoms with Crippen molar-refractivity contribution < 1.29 is 28.2 Å². The first-order valence-electron chi connectivity index (χ1n) is 9.10. The molecule has 0 bridgehead atoms. The summed E-state index contributed by atoms with van der Waals surface area (Å²) in [5.74, 6) is 0.386. The average Bonchev–Trinajstić information content (AvgIpc) is 2.76. The third-order valence-electron chi connectivity index (χ3n) is 4.58. The summed E-state index contributed by atoms with van der Waals surface area (Å²) in [7, 11) is 1.55. The van der Waals surface area contributed by atoms with Gasteiger partial charge in [0.25, 0.3) is 5.91 Å². The number of benzene rings is 1. The minimum absolute atomic E-state index is 0.0459. The Kier molecular flexibility index (Phi) is 7.67. The number of ether oxygens (including phenoxy) is 1. The van der Waals surface area contributed by atoms with Gasteiger partial charge in [-0.25, -0.2) is 9.10 Å². The van der Waals surface area contributed by atoms with Crippen LogP contribution in [0.4, 0.5) is 0 Å². The Bertz CT molecular complexity index is 820. The van der Waals surface area contributed by atoms with Crippen molar-refractivity contribution in [1.29, 1.82) is 0 Å². The molecular weight excluding hydrogens is 398 g/mol. The Morgan fingerprint density at radius 2 is 2.10 bits per heavy atom. The van der Waals surface area contributed by atoms with Crippen LogP contribution in [0.2, 0.25) is 0 Å². The molecule has 1 aliphatic rings. The molecule has 2 heterocycles. The number of hydrogen-bond acceptors (Lipinski definition) is 8. The number of pyridine rings is 1. The lowest BCUT2D eigenvalue weighted by Gasteiger charge is -2.37. The zero-order chi connectivity index (χ0) is 20.6. The molecule has 0 radical (unpaired) electrons. The molecule has 1 saturated heterocycles. The van der Waals surface area contributed by atoms with E-state index in [4.69, 9.17) is 14.3 Å². The van der Waals surface area contributed by atoms with Crippen molar-refractivity contribution in [2.75, 3.05) is 20.3 Å². The summed E-state index contributed by atoms with van der Waals surface area (Å²) in [6.07, 6.45) is 2.60. The number of methoxy groups -OCH3 is 1.